The zero-order valence-corrected chi connectivity index (χ0v) is 21.3. The van der Waals surface area contributed by atoms with Gasteiger partial charge >= 0.3 is 0 Å². The molecule has 3 aromatic carbocycles. The molecule has 10 heteroatoms. The first-order valence-electron chi connectivity index (χ1n) is 11.2. The molecule has 0 radical (unpaired) electrons. The van der Waals surface area contributed by atoms with Gasteiger partial charge in [0, 0.05) is 16.4 Å². The molecule has 1 unspecified atom stereocenters. The van der Waals surface area contributed by atoms with Gasteiger partial charge in [0.1, 0.15) is 5.75 Å². The summed E-state index contributed by atoms with van der Waals surface area (Å²) in [6.45, 7) is 4.21. The number of rotatable bonds is 9. The molecule has 1 atom stereocenters. The fourth-order valence-electron chi connectivity index (χ4n) is 3.36. The second kappa shape index (κ2) is 11.7. The fraction of sp³-hybridized carbons (Fsp3) is 0.154. The molecule has 0 saturated carbocycles. The van der Waals surface area contributed by atoms with Crippen LogP contribution in [-0.2, 0) is 11.3 Å². The van der Waals surface area contributed by atoms with E-state index in [4.69, 9.17) is 11.6 Å². The minimum atomic E-state index is -0.479. The van der Waals surface area contributed by atoms with Crippen LogP contribution in [0.3, 0.4) is 0 Å². The molecule has 184 valence electrons. The summed E-state index contributed by atoms with van der Waals surface area (Å²) in [5.74, 6) is 0.603. The predicted octanol–water partition coefficient (Wildman–Crippen LogP) is 5.18. The molecular formula is C26H25ClN6O2S. The van der Waals surface area contributed by atoms with Crippen LogP contribution in [0.4, 0.5) is 5.69 Å². The lowest BCUT2D eigenvalue weighted by atomic mass is 10.2. The van der Waals surface area contributed by atoms with Crippen molar-refractivity contribution in [3.8, 4) is 11.4 Å². The lowest BCUT2D eigenvalue weighted by Gasteiger charge is -2.14. The molecule has 0 aliphatic heterocycles. The highest BCUT2D eigenvalue weighted by Gasteiger charge is 2.21. The maximum atomic E-state index is 12.7. The number of phenolic OH excluding ortho intramolecular Hbond substituents is 1. The SMILES string of the molecule is Cc1cc(Cl)ccc1NCc1nnc(SC(C)C(=O)N/N=C/c2ccc(O)cc2)n1-c1ccccc1. The molecule has 8 nitrogen and oxygen atoms in total. The van der Waals surface area contributed by atoms with Crippen molar-refractivity contribution in [1.29, 1.82) is 0 Å². The molecule has 36 heavy (non-hydrogen) atoms. The van der Waals surface area contributed by atoms with Crippen molar-refractivity contribution in [2.45, 2.75) is 30.8 Å². The Hall–Kier alpha value is -3.82. The molecule has 0 bridgehead atoms. The van der Waals surface area contributed by atoms with Crippen LogP contribution in [0.15, 0.2) is 83.1 Å². The third kappa shape index (κ3) is 6.44. The summed E-state index contributed by atoms with van der Waals surface area (Å²) in [4.78, 5) is 12.7. The highest BCUT2D eigenvalue weighted by atomic mass is 35.5. The van der Waals surface area contributed by atoms with Crippen LogP contribution in [0.5, 0.6) is 5.75 Å². The molecule has 1 aromatic heterocycles. The molecule has 0 spiro atoms. The smallest absolute Gasteiger partial charge is 0.253 e. The van der Waals surface area contributed by atoms with Gasteiger partial charge in [0.15, 0.2) is 11.0 Å². The van der Waals surface area contributed by atoms with Crippen LogP contribution in [0.1, 0.15) is 23.9 Å². The number of nitrogens with zero attached hydrogens (tertiary/aromatic N) is 4. The van der Waals surface area contributed by atoms with Crippen LogP contribution in [0.25, 0.3) is 5.69 Å². The van der Waals surface area contributed by atoms with Crippen molar-refractivity contribution in [3.05, 3.63) is 94.8 Å². The van der Waals surface area contributed by atoms with Crippen molar-refractivity contribution < 1.29 is 9.90 Å². The lowest BCUT2D eigenvalue weighted by Crippen LogP contribution is -2.27. The van der Waals surface area contributed by atoms with Crippen molar-refractivity contribution in [3.63, 3.8) is 0 Å². The second-order valence-electron chi connectivity index (χ2n) is 7.97. The fourth-order valence-corrected chi connectivity index (χ4v) is 4.47. The quantitative estimate of drug-likeness (QED) is 0.160. The Labute approximate surface area is 218 Å². The Bertz CT molecular complexity index is 1360. The molecule has 0 saturated heterocycles. The number of thioether (sulfide) groups is 1. The molecule has 1 amide bonds. The average Bonchev–Trinajstić information content (AvgIpc) is 3.27. The number of benzene rings is 3. The van der Waals surface area contributed by atoms with Gasteiger partial charge in [-0.15, -0.1) is 10.2 Å². The van der Waals surface area contributed by atoms with Crippen LogP contribution in [-0.4, -0.2) is 37.2 Å². The molecule has 3 N–H and O–H groups in total. The average molecular weight is 521 g/mol. The standard InChI is InChI=1S/C26H25ClN6O2S/c1-17-14-20(27)10-13-23(17)28-16-24-30-32-26(33(24)21-6-4-3-5-7-21)36-18(2)25(35)31-29-15-19-8-11-22(34)12-9-19/h3-15,18,28,34H,16H2,1-2H3,(H,31,35)/b29-15+. The van der Waals surface area contributed by atoms with E-state index in [2.05, 4.69) is 26.0 Å². The second-order valence-corrected chi connectivity index (χ2v) is 9.71. The van der Waals surface area contributed by atoms with Gasteiger partial charge in [-0.25, -0.2) is 5.43 Å². The summed E-state index contributed by atoms with van der Waals surface area (Å²) < 4.78 is 1.94. The minimum absolute atomic E-state index is 0.168. The van der Waals surface area contributed by atoms with Crippen LogP contribution in [0.2, 0.25) is 5.02 Å². The number of carbonyl (C=O) groups excluding carboxylic acids is 1. The summed E-state index contributed by atoms with van der Waals surface area (Å²) in [5, 5.41) is 26.3. The van der Waals surface area contributed by atoms with Crippen LogP contribution < -0.4 is 10.7 Å². The molecule has 4 aromatic rings. The van der Waals surface area contributed by atoms with Gasteiger partial charge in [0.05, 0.1) is 18.0 Å². The summed E-state index contributed by atoms with van der Waals surface area (Å²) in [6, 6.07) is 21.9. The highest BCUT2D eigenvalue weighted by molar-refractivity contribution is 8.00. The van der Waals surface area contributed by atoms with Gasteiger partial charge in [-0.05, 0) is 79.6 Å². The molecule has 0 aliphatic rings. The molecular weight excluding hydrogens is 496 g/mol. The first-order chi connectivity index (χ1) is 17.4. The van der Waals surface area contributed by atoms with Crippen molar-refractivity contribution in [2.75, 3.05) is 5.32 Å². The first-order valence-corrected chi connectivity index (χ1v) is 12.4. The van der Waals surface area contributed by atoms with E-state index in [-0.39, 0.29) is 11.7 Å². The number of nitrogens with one attached hydrogen (secondary N) is 2. The summed E-state index contributed by atoms with van der Waals surface area (Å²) in [7, 11) is 0. The third-order valence-corrected chi connectivity index (χ3v) is 6.55. The maximum Gasteiger partial charge on any atom is 0.253 e. The number of hydrogen-bond acceptors (Lipinski definition) is 7. The van der Waals surface area contributed by atoms with E-state index in [1.807, 2.05) is 60.0 Å². The summed E-state index contributed by atoms with van der Waals surface area (Å²) in [5.41, 5.74) is 6.19. The topological polar surface area (TPSA) is 104 Å². The van der Waals surface area contributed by atoms with Gasteiger partial charge in [-0.3, -0.25) is 9.36 Å². The number of aromatic hydroxyl groups is 1. The minimum Gasteiger partial charge on any atom is -0.508 e. The van der Waals surface area contributed by atoms with Crippen molar-refractivity contribution in [1.82, 2.24) is 20.2 Å². The van der Waals surface area contributed by atoms with Gasteiger partial charge in [-0.1, -0.05) is 41.6 Å². The van der Waals surface area contributed by atoms with E-state index in [0.717, 1.165) is 22.5 Å². The van der Waals surface area contributed by atoms with Gasteiger partial charge in [0.25, 0.3) is 5.91 Å². The zero-order valence-electron chi connectivity index (χ0n) is 19.7. The first kappa shape index (κ1) is 25.3. The zero-order chi connectivity index (χ0) is 25.5. The van der Waals surface area contributed by atoms with Crippen molar-refractivity contribution >= 4 is 41.2 Å². The van der Waals surface area contributed by atoms with E-state index in [1.54, 1.807) is 31.2 Å². The van der Waals surface area contributed by atoms with Crippen LogP contribution in [0, 0.1) is 6.92 Å². The monoisotopic (exact) mass is 520 g/mol. The van der Waals surface area contributed by atoms with Crippen LogP contribution >= 0.6 is 23.4 Å². The number of para-hydroxylation sites is 1. The third-order valence-electron chi connectivity index (χ3n) is 5.27. The highest BCUT2D eigenvalue weighted by Crippen LogP contribution is 2.27. The van der Waals surface area contributed by atoms with E-state index >= 15 is 0 Å². The molecule has 1 heterocycles. The number of amides is 1. The summed E-state index contributed by atoms with van der Waals surface area (Å²) in [6.07, 6.45) is 1.52. The number of phenols is 1. The van der Waals surface area contributed by atoms with E-state index < -0.39 is 5.25 Å². The number of halogens is 1. The van der Waals surface area contributed by atoms with E-state index in [9.17, 15) is 9.90 Å². The van der Waals surface area contributed by atoms with E-state index in [1.165, 1.54) is 18.0 Å². The molecule has 0 aliphatic carbocycles. The van der Waals surface area contributed by atoms with E-state index in [0.29, 0.717) is 22.5 Å². The Kier molecular flexibility index (Phi) is 8.24. The number of aromatic nitrogens is 3. The van der Waals surface area contributed by atoms with Gasteiger partial charge < -0.3 is 10.4 Å². The van der Waals surface area contributed by atoms with Gasteiger partial charge in [-0.2, -0.15) is 5.10 Å². The number of aryl methyl sites for hydroxylation is 1. The predicted molar refractivity (Wildman–Crippen MR) is 144 cm³/mol. The summed E-state index contributed by atoms with van der Waals surface area (Å²) >= 11 is 7.37. The Morgan fingerprint density at radius 1 is 1.14 bits per heavy atom. The Morgan fingerprint density at radius 2 is 1.89 bits per heavy atom. The normalized spacial score (nSPS) is 12.0. The number of hydrazone groups is 1. The Morgan fingerprint density at radius 3 is 2.61 bits per heavy atom. The number of anilines is 1. The van der Waals surface area contributed by atoms with Crippen molar-refractivity contribution in [2.24, 2.45) is 5.10 Å². The maximum absolute atomic E-state index is 12.7. The lowest BCUT2D eigenvalue weighted by molar-refractivity contribution is -0.120. The Balaban J connectivity index is 1.48. The largest absolute Gasteiger partial charge is 0.508 e. The van der Waals surface area contributed by atoms with Gasteiger partial charge in [0.2, 0.25) is 0 Å². The number of hydrogen-bond donors (Lipinski definition) is 3. The molecule has 0 fully saturated rings. The number of carbonyl (C=O) groups is 1. The molecule has 4 rings (SSSR count).